The van der Waals surface area contributed by atoms with E-state index in [1.165, 1.54) is 87.3 Å². The third-order valence-electron chi connectivity index (χ3n) is 7.18. The molecule has 0 saturated heterocycles. The van der Waals surface area contributed by atoms with Crippen LogP contribution in [-0.4, -0.2) is 0 Å². The van der Waals surface area contributed by atoms with Crippen LogP contribution in [0, 0.1) is 18.8 Å². The Morgan fingerprint density at radius 3 is 2.03 bits per heavy atom. The molecule has 1 atom stereocenters. The lowest BCUT2D eigenvalue weighted by Gasteiger charge is -2.28. The summed E-state index contributed by atoms with van der Waals surface area (Å²) < 4.78 is 0. The van der Waals surface area contributed by atoms with Crippen molar-refractivity contribution in [2.45, 2.75) is 97.3 Å². The second kappa shape index (κ2) is 11.6. The number of hydrogen-bond acceptors (Lipinski definition) is 0. The maximum absolute atomic E-state index is 2.44. The minimum Gasteiger partial charge on any atom is -0.0654 e. The quantitative estimate of drug-likeness (QED) is 0.380. The molecule has 0 heteroatoms. The monoisotopic (exact) mass is 390 g/mol. The summed E-state index contributed by atoms with van der Waals surface area (Å²) in [6.45, 7) is 6.83. The largest absolute Gasteiger partial charge is 0.0654 e. The highest BCUT2D eigenvalue weighted by atomic mass is 14.3. The van der Waals surface area contributed by atoms with Gasteiger partial charge in [-0.25, -0.2) is 0 Å². The molecule has 158 valence electrons. The van der Waals surface area contributed by atoms with Gasteiger partial charge in [-0.15, -0.1) is 0 Å². The van der Waals surface area contributed by atoms with Gasteiger partial charge in [0.05, 0.1) is 0 Å². The minimum atomic E-state index is 0.802. The van der Waals surface area contributed by atoms with Crippen molar-refractivity contribution < 1.29 is 0 Å². The molecule has 1 saturated carbocycles. The van der Waals surface area contributed by atoms with Gasteiger partial charge in [0.15, 0.2) is 0 Å². The van der Waals surface area contributed by atoms with Crippen LogP contribution in [0.4, 0.5) is 0 Å². The number of rotatable bonds is 10. The van der Waals surface area contributed by atoms with E-state index in [4.69, 9.17) is 0 Å². The van der Waals surface area contributed by atoms with Gasteiger partial charge < -0.3 is 0 Å². The SMILES string of the molecule is CCCC1CCC(c2ccc(CC[C@@H](CCC)Cc3ccc(C)cc3)cc2)CC1. The molecule has 1 aliphatic carbocycles. The average Bonchev–Trinajstić information content (AvgIpc) is 2.75. The molecule has 3 rings (SSSR count). The van der Waals surface area contributed by atoms with Crippen LogP contribution in [0.5, 0.6) is 0 Å². The highest BCUT2D eigenvalue weighted by molar-refractivity contribution is 5.26. The minimum absolute atomic E-state index is 0.802. The molecule has 0 aromatic heterocycles. The third-order valence-corrected chi connectivity index (χ3v) is 7.18. The van der Waals surface area contributed by atoms with Crippen molar-refractivity contribution in [2.24, 2.45) is 11.8 Å². The van der Waals surface area contributed by atoms with Crippen LogP contribution in [0.15, 0.2) is 48.5 Å². The molecule has 29 heavy (non-hydrogen) atoms. The smallest absolute Gasteiger partial charge is 0.0162 e. The van der Waals surface area contributed by atoms with E-state index in [1.807, 2.05) is 0 Å². The fraction of sp³-hybridized carbons (Fsp3) is 0.586. The number of benzene rings is 2. The topological polar surface area (TPSA) is 0 Å². The van der Waals surface area contributed by atoms with E-state index < -0.39 is 0 Å². The predicted octanol–water partition coefficient (Wildman–Crippen LogP) is 8.66. The molecule has 1 aliphatic rings. The highest BCUT2D eigenvalue weighted by Crippen LogP contribution is 2.37. The first kappa shape index (κ1) is 22.1. The van der Waals surface area contributed by atoms with Crippen LogP contribution in [-0.2, 0) is 12.8 Å². The van der Waals surface area contributed by atoms with Crippen molar-refractivity contribution in [2.75, 3.05) is 0 Å². The van der Waals surface area contributed by atoms with Crippen molar-refractivity contribution in [3.63, 3.8) is 0 Å². The zero-order chi connectivity index (χ0) is 20.5. The van der Waals surface area contributed by atoms with Crippen molar-refractivity contribution in [3.05, 3.63) is 70.8 Å². The summed E-state index contributed by atoms with van der Waals surface area (Å²) >= 11 is 0. The molecule has 0 radical (unpaired) electrons. The Hall–Kier alpha value is -1.56. The van der Waals surface area contributed by atoms with Crippen LogP contribution in [0.1, 0.15) is 99.8 Å². The van der Waals surface area contributed by atoms with Crippen LogP contribution in [0.3, 0.4) is 0 Å². The van der Waals surface area contributed by atoms with Crippen molar-refractivity contribution in [1.82, 2.24) is 0 Å². The summed E-state index contributed by atoms with van der Waals surface area (Å²) in [5.41, 5.74) is 5.98. The van der Waals surface area contributed by atoms with Gasteiger partial charge in [0.2, 0.25) is 0 Å². The van der Waals surface area contributed by atoms with Crippen LogP contribution >= 0.6 is 0 Å². The van der Waals surface area contributed by atoms with E-state index in [1.54, 1.807) is 5.56 Å². The third kappa shape index (κ3) is 7.02. The molecule has 2 aromatic carbocycles. The van der Waals surface area contributed by atoms with Crippen molar-refractivity contribution in [3.8, 4) is 0 Å². The Bertz CT molecular complexity index is 686. The van der Waals surface area contributed by atoms with Gasteiger partial charge in [0, 0.05) is 0 Å². The Morgan fingerprint density at radius 1 is 0.759 bits per heavy atom. The second-order valence-corrected chi connectivity index (χ2v) is 9.63. The van der Waals surface area contributed by atoms with E-state index >= 15 is 0 Å². The zero-order valence-corrected chi connectivity index (χ0v) is 19.1. The fourth-order valence-electron chi connectivity index (χ4n) is 5.33. The Balaban J connectivity index is 1.49. The summed E-state index contributed by atoms with van der Waals surface area (Å²) in [4.78, 5) is 0. The van der Waals surface area contributed by atoms with E-state index in [9.17, 15) is 0 Å². The molecule has 0 N–H and O–H groups in total. The fourth-order valence-corrected chi connectivity index (χ4v) is 5.33. The van der Waals surface area contributed by atoms with Gasteiger partial charge in [0.1, 0.15) is 0 Å². The number of aryl methyl sites for hydroxylation is 2. The van der Waals surface area contributed by atoms with Crippen LogP contribution in [0.25, 0.3) is 0 Å². The van der Waals surface area contributed by atoms with Crippen LogP contribution < -0.4 is 0 Å². The maximum Gasteiger partial charge on any atom is -0.0162 e. The Morgan fingerprint density at radius 2 is 1.41 bits per heavy atom. The molecule has 0 nitrogen and oxygen atoms in total. The molecule has 0 unspecified atom stereocenters. The molecule has 2 aromatic rings. The molecular weight excluding hydrogens is 348 g/mol. The molecule has 1 fully saturated rings. The highest BCUT2D eigenvalue weighted by Gasteiger charge is 2.21. The predicted molar refractivity (Wildman–Crippen MR) is 128 cm³/mol. The van der Waals surface area contributed by atoms with E-state index in [2.05, 4.69) is 69.3 Å². The first-order valence-corrected chi connectivity index (χ1v) is 12.3. The molecule has 0 aliphatic heterocycles. The average molecular weight is 391 g/mol. The molecule has 0 bridgehead atoms. The summed E-state index contributed by atoms with van der Waals surface area (Å²) in [5, 5.41) is 0. The van der Waals surface area contributed by atoms with Gasteiger partial charge in [-0.3, -0.25) is 0 Å². The Kier molecular flexibility index (Phi) is 8.84. The summed E-state index contributed by atoms with van der Waals surface area (Å²) in [6.07, 6.45) is 14.9. The lowest BCUT2D eigenvalue weighted by Crippen LogP contribution is -2.13. The summed E-state index contributed by atoms with van der Waals surface area (Å²) in [6, 6.07) is 18.9. The van der Waals surface area contributed by atoms with Gasteiger partial charge in [-0.1, -0.05) is 93.6 Å². The van der Waals surface area contributed by atoms with Gasteiger partial charge in [-0.05, 0) is 86.3 Å². The molecule has 0 amide bonds. The lowest BCUT2D eigenvalue weighted by molar-refractivity contribution is 0.308. The van der Waals surface area contributed by atoms with Gasteiger partial charge >= 0.3 is 0 Å². The van der Waals surface area contributed by atoms with E-state index in [-0.39, 0.29) is 0 Å². The first-order chi connectivity index (χ1) is 14.2. The van der Waals surface area contributed by atoms with E-state index in [0.717, 1.165) is 17.8 Å². The molecule has 0 heterocycles. The second-order valence-electron chi connectivity index (χ2n) is 9.63. The summed E-state index contributed by atoms with van der Waals surface area (Å²) in [5.74, 6) is 2.61. The van der Waals surface area contributed by atoms with Crippen LogP contribution in [0.2, 0.25) is 0 Å². The number of hydrogen-bond donors (Lipinski definition) is 0. The standard InChI is InChI=1S/C29H42/c1-4-6-24-14-18-28(19-15-24)29-20-16-25(17-21-29)12-13-26(7-5-2)22-27-10-8-23(3)9-11-27/h8-11,16-17,20-21,24,26,28H,4-7,12-15,18-19,22H2,1-3H3/t24?,26-,28?/m1/s1. The summed E-state index contributed by atoms with van der Waals surface area (Å²) in [7, 11) is 0. The van der Waals surface area contributed by atoms with E-state index in [0.29, 0.717) is 0 Å². The maximum atomic E-state index is 2.44. The van der Waals surface area contributed by atoms with Crippen molar-refractivity contribution in [1.29, 1.82) is 0 Å². The normalized spacial score (nSPS) is 20.5. The van der Waals surface area contributed by atoms with Crippen molar-refractivity contribution >= 4 is 0 Å². The zero-order valence-electron chi connectivity index (χ0n) is 19.1. The lowest BCUT2D eigenvalue weighted by atomic mass is 9.77. The molecular formula is C29H42. The van der Waals surface area contributed by atoms with Gasteiger partial charge in [-0.2, -0.15) is 0 Å². The Labute approximate surface area is 180 Å². The molecule has 0 spiro atoms. The van der Waals surface area contributed by atoms with Gasteiger partial charge in [0.25, 0.3) is 0 Å². The first-order valence-electron chi connectivity index (χ1n) is 12.3.